The first kappa shape index (κ1) is 29.2. The lowest BCUT2D eigenvalue weighted by Crippen LogP contribution is -2.29. The van der Waals surface area contributed by atoms with Gasteiger partial charge >= 0.3 is 5.97 Å². The molecule has 1 aliphatic heterocycles. The minimum absolute atomic E-state index is 0.112. The maximum absolute atomic E-state index is 14.0. The molecule has 0 unspecified atom stereocenters. The van der Waals surface area contributed by atoms with Crippen molar-refractivity contribution < 1.29 is 23.8 Å². The van der Waals surface area contributed by atoms with Gasteiger partial charge in [-0.05, 0) is 61.4 Å². The van der Waals surface area contributed by atoms with Gasteiger partial charge in [-0.3, -0.25) is 14.5 Å². The van der Waals surface area contributed by atoms with Crippen molar-refractivity contribution in [1.82, 2.24) is 14.7 Å². The van der Waals surface area contributed by atoms with Crippen LogP contribution in [0.4, 0.5) is 4.39 Å². The van der Waals surface area contributed by atoms with E-state index in [1.807, 2.05) is 66.9 Å². The molecule has 5 rings (SSSR count). The Morgan fingerprint density at radius 3 is 2.48 bits per heavy atom. The van der Waals surface area contributed by atoms with Crippen LogP contribution < -0.4 is 4.74 Å². The molecular weight excluding hydrogens is 574 g/mol. The number of benzene rings is 3. The summed E-state index contributed by atoms with van der Waals surface area (Å²) in [5.74, 6) is -0.706. The van der Waals surface area contributed by atoms with Crippen molar-refractivity contribution >= 4 is 46.3 Å². The lowest BCUT2D eigenvalue weighted by molar-refractivity contribution is -0.137. The second kappa shape index (κ2) is 13.6. The molecule has 0 radical (unpaired) electrons. The Hall–Kier alpha value is -4.28. The van der Waals surface area contributed by atoms with Crippen molar-refractivity contribution in [3.63, 3.8) is 0 Å². The van der Waals surface area contributed by atoms with Crippen LogP contribution in [0.15, 0.2) is 90.0 Å². The van der Waals surface area contributed by atoms with E-state index in [9.17, 15) is 14.0 Å². The van der Waals surface area contributed by atoms with Crippen LogP contribution >= 0.6 is 24.0 Å². The number of aliphatic carboxylic acids is 1. The van der Waals surface area contributed by atoms with Gasteiger partial charge in [-0.1, -0.05) is 66.8 Å². The molecule has 4 aromatic rings. The number of thiocarbonyl (C=S) groups is 1. The number of thioether (sulfide) groups is 1. The molecule has 1 saturated heterocycles. The highest BCUT2D eigenvalue weighted by Crippen LogP contribution is 2.35. The first-order chi connectivity index (χ1) is 20.4. The molecule has 0 atom stereocenters. The maximum atomic E-state index is 14.0. The highest BCUT2D eigenvalue weighted by Gasteiger charge is 2.32. The number of amides is 1. The highest BCUT2D eigenvalue weighted by molar-refractivity contribution is 8.26. The average Bonchev–Trinajstić information content (AvgIpc) is 3.53. The van der Waals surface area contributed by atoms with E-state index < -0.39 is 5.97 Å². The monoisotopic (exact) mass is 601 g/mol. The molecular formula is C32H28FN3O4S2. The number of aromatic nitrogens is 2. The summed E-state index contributed by atoms with van der Waals surface area (Å²) < 4.78 is 22.0. The predicted octanol–water partition coefficient (Wildman–Crippen LogP) is 7.10. The van der Waals surface area contributed by atoms with Crippen LogP contribution in [0.2, 0.25) is 0 Å². The Kier molecular flexibility index (Phi) is 9.45. The lowest BCUT2D eigenvalue weighted by atomic mass is 10.1. The van der Waals surface area contributed by atoms with Crippen molar-refractivity contribution in [2.75, 3.05) is 6.54 Å². The molecule has 1 amide bonds. The first-order valence-corrected chi connectivity index (χ1v) is 14.7. The number of ether oxygens (including phenoxy) is 1. The van der Waals surface area contributed by atoms with Gasteiger partial charge in [0.25, 0.3) is 5.91 Å². The predicted molar refractivity (Wildman–Crippen MR) is 166 cm³/mol. The zero-order chi connectivity index (χ0) is 29.5. The van der Waals surface area contributed by atoms with Gasteiger partial charge in [0.2, 0.25) is 0 Å². The van der Waals surface area contributed by atoms with Gasteiger partial charge in [0.1, 0.15) is 22.5 Å². The smallest absolute Gasteiger partial charge is 0.303 e. The largest absolute Gasteiger partial charge is 0.489 e. The van der Waals surface area contributed by atoms with E-state index in [0.29, 0.717) is 52.0 Å². The number of unbranched alkanes of at least 4 members (excludes halogenated alkanes) is 2. The fraction of sp³-hybridized carbons (Fsp3) is 0.188. The standard InChI is InChI=1S/C32H28FN3O4S2/c33-27-12-7-6-9-23(27)21-40-26-16-14-22(15-17-26)30-24(20-36(34-30)25-10-3-1-4-11-25)19-28-31(39)35(32(41)42-28)18-8-2-5-13-29(37)38/h1,3-4,6-7,9-12,14-17,19-20H,2,5,8,13,18,21H2,(H,37,38). The molecule has 1 N–H and O–H groups in total. The van der Waals surface area contributed by atoms with E-state index in [2.05, 4.69) is 0 Å². The topological polar surface area (TPSA) is 84.7 Å². The second-order valence-electron chi connectivity index (χ2n) is 9.66. The van der Waals surface area contributed by atoms with E-state index in [-0.39, 0.29) is 24.8 Å². The summed E-state index contributed by atoms with van der Waals surface area (Å²) in [6.45, 7) is 0.563. The number of carbonyl (C=O) groups is 2. The minimum atomic E-state index is -0.819. The number of carboxylic acid groups (broad SMARTS) is 1. The lowest BCUT2D eigenvalue weighted by Gasteiger charge is -2.13. The molecule has 42 heavy (non-hydrogen) atoms. The van der Waals surface area contributed by atoms with Gasteiger partial charge in [-0.25, -0.2) is 9.07 Å². The molecule has 1 aromatic heterocycles. The van der Waals surface area contributed by atoms with Gasteiger partial charge in [0.05, 0.1) is 16.3 Å². The molecule has 7 nitrogen and oxygen atoms in total. The molecule has 1 fully saturated rings. The van der Waals surface area contributed by atoms with Crippen LogP contribution in [-0.4, -0.2) is 42.5 Å². The Morgan fingerprint density at radius 2 is 1.74 bits per heavy atom. The molecule has 0 aliphatic carbocycles. The first-order valence-electron chi connectivity index (χ1n) is 13.5. The quantitative estimate of drug-likeness (QED) is 0.105. The van der Waals surface area contributed by atoms with Crippen molar-refractivity contribution in [2.24, 2.45) is 0 Å². The van der Waals surface area contributed by atoms with Gasteiger partial charge in [-0.2, -0.15) is 5.10 Å². The van der Waals surface area contributed by atoms with Crippen LogP contribution in [0.3, 0.4) is 0 Å². The van der Waals surface area contributed by atoms with Gasteiger partial charge in [-0.15, -0.1) is 0 Å². The summed E-state index contributed by atoms with van der Waals surface area (Å²) in [5.41, 5.74) is 3.60. The summed E-state index contributed by atoms with van der Waals surface area (Å²) in [6, 6.07) is 23.6. The summed E-state index contributed by atoms with van der Waals surface area (Å²) in [7, 11) is 0. The fourth-order valence-corrected chi connectivity index (χ4v) is 5.77. The molecule has 3 aromatic carbocycles. The van der Waals surface area contributed by atoms with Crippen molar-refractivity contribution in [3.8, 4) is 22.7 Å². The van der Waals surface area contributed by atoms with Crippen LogP contribution in [0.1, 0.15) is 36.8 Å². The van der Waals surface area contributed by atoms with Crippen LogP contribution in [0.5, 0.6) is 5.75 Å². The zero-order valence-corrected chi connectivity index (χ0v) is 24.2. The number of halogens is 1. The Bertz CT molecular complexity index is 1620. The van der Waals surface area contributed by atoms with Gasteiger partial charge in [0.15, 0.2) is 0 Å². The number of carboxylic acids is 1. The number of nitrogens with zero attached hydrogens (tertiary/aromatic N) is 3. The molecule has 0 saturated carbocycles. The maximum Gasteiger partial charge on any atom is 0.303 e. The molecule has 214 valence electrons. The zero-order valence-electron chi connectivity index (χ0n) is 22.6. The van der Waals surface area contributed by atoms with Crippen LogP contribution in [-0.2, 0) is 16.2 Å². The Morgan fingerprint density at radius 1 is 1.00 bits per heavy atom. The molecule has 0 bridgehead atoms. The highest BCUT2D eigenvalue weighted by atomic mass is 32.2. The average molecular weight is 602 g/mol. The number of hydrogen-bond acceptors (Lipinski definition) is 6. The minimum Gasteiger partial charge on any atom is -0.489 e. The molecule has 0 spiro atoms. The summed E-state index contributed by atoms with van der Waals surface area (Å²) >= 11 is 6.75. The van der Waals surface area contributed by atoms with Crippen molar-refractivity contribution in [1.29, 1.82) is 0 Å². The Balaban J connectivity index is 1.36. The second-order valence-corrected chi connectivity index (χ2v) is 11.3. The number of hydrogen-bond donors (Lipinski definition) is 1. The Labute approximate surface area is 252 Å². The van der Waals surface area contributed by atoms with Gasteiger partial charge < -0.3 is 9.84 Å². The number of rotatable bonds is 12. The SMILES string of the molecule is O=C(O)CCCCCN1C(=O)C(=Cc2cn(-c3ccccc3)nc2-c2ccc(OCc3ccccc3F)cc2)SC1=S. The van der Waals surface area contributed by atoms with Crippen molar-refractivity contribution in [2.45, 2.75) is 32.3 Å². The third-order valence-electron chi connectivity index (χ3n) is 6.68. The van der Waals surface area contributed by atoms with Crippen LogP contribution in [0, 0.1) is 5.82 Å². The molecule has 10 heteroatoms. The van der Waals surface area contributed by atoms with E-state index in [0.717, 1.165) is 16.8 Å². The molecule has 2 heterocycles. The normalized spacial score (nSPS) is 14.1. The summed E-state index contributed by atoms with van der Waals surface area (Å²) in [5, 5.41) is 13.7. The van der Waals surface area contributed by atoms with E-state index in [1.54, 1.807) is 27.8 Å². The fourth-order valence-electron chi connectivity index (χ4n) is 4.47. The summed E-state index contributed by atoms with van der Waals surface area (Å²) in [4.78, 5) is 26.1. The van der Waals surface area contributed by atoms with E-state index >= 15 is 0 Å². The summed E-state index contributed by atoms with van der Waals surface area (Å²) in [6.07, 6.45) is 5.76. The number of carbonyl (C=O) groups excluding carboxylic acids is 1. The van der Waals surface area contributed by atoms with E-state index in [1.165, 1.54) is 17.8 Å². The molecule has 1 aliphatic rings. The van der Waals surface area contributed by atoms with Crippen molar-refractivity contribution in [3.05, 3.63) is 107 Å². The van der Waals surface area contributed by atoms with Crippen LogP contribution in [0.25, 0.3) is 23.0 Å². The number of para-hydroxylation sites is 1. The third kappa shape index (κ3) is 7.13. The van der Waals surface area contributed by atoms with Gasteiger partial charge in [0, 0.05) is 35.9 Å². The third-order valence-corrected chi connectivity index (χ3v) is 8.05. The van der Waals surface area contributed by atoms with E-state index in [4.69, 9.17) is 27.2 Å².